The van der Waals surface area contributed by atoms with Crippen molar-refractivity contribution in [2.24, 2.45) is 0 Å². The van der Waals surface area contributed by atoms with Gasteiger partial charge in [0.2, 0.25) is 0 Å². The van der Waals surface area contributed by atoms with Gasteiger partial charge in [0.1, 0.15) is 11.5 Å². The molecule has 0 radical (unpaired) electrons. The Balaban J connectivity index is 1.85. The summed E-state index contributed by atoms with van der Waals surface area (Å²) in [6, 6.07) is 11.8. The molecule has 2 aromatic carbocycles. The van der Waals surface area contributed by atoms with Crippen molar-refractivity contribution >= 4 is 17.8 Å². The first-order valence-electron chi connectivity index (χ1n) is 8.01. The van der Waals surface area contributed by atoms with Gasteiger partial charge in [0.05, 0.1) is 0 Å². The van der Waals surface area contributed by atoms with Crippen molar-refractivity contribution in [2.45, 2.75) is 25.9 Å². The van der Waals surface area contributed by atoms with Gasteiger partial charge in [0, 0.05) is 11.1 Å². The number of ether oxygens (including phenoxy) is 1. The topological polar surface area (TPSA) is 83.8 Å². The van der Waals surface area contributed by atoms with Crippen LogP contribution in [0, 0.1) is 0 Å². The van der Waals surface area contributed by atoms with Gasteiger partial charge in [-0.3, -0.25) is 4.79 Å². The lowest BCUT2D eigenvalue weighted by molar-refractivity contribution is -0.144. The van der Waals surface area contributed by atoms with E-state index in [4.69, 9.17) is 9.84 Å². The zero-order valence-corrected chi connectivity index (χ0v) is 13.7. The van der Waals surface area contributed by atoms with E-state index in [9.17, 15) is 14.7 Å². The number of phenols is 1. The number of aliphatic carboxylic acids is 1. The number of fused-ring (bicyclic) bond motifs is 1. The largest absolute Gasteiger partial charge is 0.508 e. The molecule has 2 aromatic rings. The molecule has 0 aliphatic heterocycles. The van der Waals surface area contributed by atoms with E-state index in [1.54, 1.807) is 36.4 Å². The molecule has 0 aromatic heterocycles. The average Bonchev–Trinajstić information content (AvgIpc) is 2.57. The van der Waals surface area contributed by atoms with Gasteiger partial charge in [-0.1, -0.05) is 12.1 Å². The van der Waals surface area contributed by atoms with E-state index in [0.717, 1.165) is 11.1 Å². The zero-order valence-electron chi connectivity index (χ0n) is 13.7. The first-order chi connectivity index (χ1) is 11.9. The Morgan fingerprint density at radius 3 is 2.76 bits per heavy atom. The highest BCUT2D eigenvalue weighted by Gasteiger charge is 2.22. The minimum atomic E-state index is -1.04. The van der Waals surface area contributed by atoms with Crippen LogP contribution in [0.3, 0.4) is 0 Å². The number of aromatic hydroxyl groups is 1. The fraction of sp³-hybridized carbons (Fsp3) is 0.200. The molecule has 3 rings (SSSR count). The van der Waals surface area contributed by atoms with Gasteiger partial charge < -0.3 is 14.9 Å². The van der Waals surface area contributed by atoms with Gasteiger partial charge in [-0.15, -0.1) is 0 Å². The standard InChI is InChI=1S/C20H18O5/c1-12(20(23)24)25-17-4-2-3-13(10-17)9-15-6-5-14-11-16(21)7-8-18(14)19(15)22/h2-4,7-12,21H,5-6H2,1H3,(H,23,24)/b15-9+. The van der Waals surface area contributed by atoms with Crippen LogP contribution in [0.5, 0.6) is 11.5 Å². The summed E-state index contributed by atoms with van der Waals surface area (Å²) in [6.07, 6.45) is 2.13. The third-order valence-corrected chi connectivity index (χ3v) is 4.15. The highest BCUT2D eigenvalue weighted by atomic mass is 16.5. The summed E-state index contributed by atoms with van der Waals surface area (Å²) in [5.41, 5.74) is 2.93. The van der Waals surface area contributed by atoms with Gasteiger partial charge >= 0.3 is 5.97 Å². The van der Waals surface area contributed by atoms with Crippen LogP contribution in [0.15, 0.2) is 48.0 Å². The molecular weight excluding hydrogens is 320 g/mol. The van der Waals surface area contributed by atoms with Crippen molar-refractivity contribution in [1.82, 2.24) is 0 Å². The summed E-state index contributed by atoms with van der Waals surface area (Å²) in [6.45, 7) is 1.46. The molecule has 5 nitrogen and oxygen atoms in total. The Labute approximate surface area is 145 Å². The number of phenolic OH excluding ortho intramolecular Hbond substituents is 1. The number of ketones is 1. The molecule has 1 unspecified atom stereocenters. The Bertz CT molecular complexity index is 866. The zero-order chi connectivity index (χ0) is 18.0. The van der Waals surface area contributed by atoms with Crippen molar-refractivity contribution in [2.75, 3.05) is 0 Å². The minimum absolute atomic E-state index is 0.0496. The molecule has 0 spiro atoms. The maximum Gasteiger partial charge on any atom is 0.344 e. The van der Waals surface area contributed by atoms with Gasteiger partial charge in [0.15, 0.2) is 11.9 Å². The average molecular weight is 338 g/mol. The molecule has 5 heteroatoms. The van der Waals surface area contributed by atoms with Gasteiger partial charge in [-0.25, -0.2) is 4.79 Å². The fourth-order valence-electron chi connectivity index (χ4n) is 2.84. The van der Waals surface area contributed by atoms with Crippen LogP contribution in [-0.4, -0.2) is 28.1 Å². The molecular formula is C20H18O5. The fourth-order valence-corrected chi connectivity index (χ4v) is 2.84. The van der Waals surface area contributed by atoms with Crippen LogP contribution in [0.1, 0.15) is 34.8 Å². The Morgan fingerprint density at radius 1 is 1.20 bits per heavy atom. The number of carbonyl (C=O) groups excluding carboxylic acids is 1. The van der Waals surface area contributed by atoms with E-state index < -0.39 is 12.1 Å². The Kier molecular flexibility index (Phi) is 4.57. The van der Waals surface area contributed by atoms with E-state index >= 15 is 0 Å². The number of carboxylic acid groups (broad SMARTS) is 1. The van der Waals surface area contributed by atoms with Crippen molar-refractivity contribution in [1.29, 1.82) is 0 Å². The van der Waals surface area contributed by atoms with Crippen LogP contribution in [0.25, 0.3) is 6.08 Å². The normalized spacial score (nSPS) is 16.4. The van der Waals surface area contributed by atoms with E-state index in [1.165, 1.54) is 13.0 Å². The second-order valence-electron chi connectivity index (χ2n) is 6.01. The number of allylic oxidation sites excluding steroid dienone is 1. The first kappa shape index (κ1) is 16.8. The lowest BCUT2D eigenvalue weighted by Crippen LogP contribution is -2.22. The van der Waals surface area contributed by atoms with E-state index in [0.29, 0.717) is 29.7 Å². The molecule has 0 bridgehead atoms. The van der Waals surface area contributed by atoms with Crippen LogP contribution in [0.4, 0.5) is 0 Å². The summed E-state index contributed by atoms with van der Waals surface area (Å²) in [5, 5.41) is 18.5. The maximum atomic E-state index is 12.6. The van der Waals surface area contributed by atoms with Crippen LogP contribution >= 0.6 is 0 Å². The van der Waals surface area contributed by atoms with Crippen molar-refractivity contribution < 1.29 is 24.5 Å². The number of hydrogen-bond acceptors (Lipinski definition) is 4. The molecule has 0 saturated heterocycles. The van der Waals surface area contributed by atoms with Gasteiger partial charge in [-0.05, 0) is 67.3 Å². The highest BCUT2D eigenvalue weighted by Crippen LogP contribution is 2.29. The molecule has 2 N–H and O–H groups in total. The number of rotatable bonds is 4. The Hall–Kier alpha value is -3.08. The summed E-state index contributed by atoms with van der Waals surface area (Å²) in [7, 11) is 0. The summed E-state index contributed by atoms with van der Waals surface area (Å²) in [4.78, 5) is 23.5. The lowest BCUT2D eigenvalue weighted by atomic mass is 9.86. The van der Waals surface area contributed by atoms with Crippen molar-refractivity contribution in [3.8, 4) is 11.5 Å². The lowest BCUT2D eigenvalue weighted by Gasteiger charge is -2.18. The number of benzene rings is 2. The van der Waals surface area contributed by atoms with E-state index in [1.807, 2.05) is 6.07 Å². The highest BCUT2D eigenvalue weighted by molar-refractivity contribution is 6.13. The summed E-state index contributed by atoms with van der Waals surface area (Å²) in [5.74, 6) is -0.480. The van der Waals surface area contributed by atoms with Gasteiger partial charge in [-0.2, -0.15) is 0 Å². The smallest absolute Gasteiger partial charge is 0.344 e. The third kappa shape index (κ3) is 3.71. The quantitative estimate of drug-likeness (QED) is 0.834. The summed E-state index contributed by atoms with van der Waals surface area (Å²) >= 11 is 0. The Morgan fingerprint density at radius 2 is 2.00 bits per heavy atom. The SMILES string of the molecule is CC(Oc1cccc(/C=C2\CCc3cc(O)ccc3C2=O)c1)C(=O)O. The molecule has 0 saturated carbocycles. The molecule has 128 valence electrons. The monoisotopic (exact) mass is 338 g/mol. The molecule has 0 heterocycles. The van der Waals surface area contributed by atoms with Gasteiger partial charge in [0.25, 0.3) is 0 Å². The van der Waals surface area contributed by atoms with Crippen LogP contribution < -0.4 is 4.74 Å². The minimum Gasteiger partial charge on any atom is -0.508 e. The van der Waals surface area contributed by atoms with E-state index in [-0.39, 0.29) is 11.5 Å². The molecule has 1 aliphatic carbocycles. The number of aryl methyl sites for hydroxylation is 1. The predicted molar refractivity (Wildman–Crippen MR) is 92.9 cm³/mol. The van der Waals surface area contributed by atoms with E-state index in [2.05, 4.69) is 0 Å². The number of Topliss-reactive ketones (excluding diaryl/α,β-unsaturated/α-hetero) is 1. The number of hydrogen-bond donors (Lipinski definition) is 2. The maximum absolute atomic E-state index is 12.6. The van der Waals surface area contributed by atoms with Crippen molar-refractivity contribution in [3.63, 3.8) is 0 Å². The van der Waals surface area contributed by atoms with Crippen LogP contribution in [-0.2, 0) is 11.2 Å². The molecule has 0 fully saturated rings. The summed E-state index contributed by atoms with van der Waals surface area (Å²) < 4.78 is 5.36. The van der Waals surface area contributed by atoms with Crippen molar-refractivity contribution in [3.05, 3.63) is 64.7 Å². The molecule has 25 heavy (non-hydrogen) atoms. The second-order valence-corrected chi connectivity index (χ2v) is 6.01. The second kappa shape index (κ2) is 6.81. The third-order valence-electron chi connectivity index (χ3n) is 4.15. The first-order valence-corrected chi connectivity index (χ1v) is 8.01. The number of carboxylic acids is 1. The van der Waals surface area contributed by atoms with Crippen LogP contribution in [0.2, 0.25) is 0 Å². The molecule has 1 aliphatic rings. The number of carbonyl (C=O) groups is 2. The molecule has 0 amide bonds. The predicted octanol–water partition coefficient (Wildman–Crippen LogP) is 3.46. The molecule has 1 atom stereocenters.